The highest BCUT2D eigenvalue weighted by Gasteiger charge is 2.44. The lowest BCUT2D eigenvalue weighted by molar-refractivity contribution is -0.253. The van der Waals surface area contributed by atoms with Crippen LogP contribution in [0.25, 0.3) is 0 Å². The number of nitrogens with zero attached hydrogens (tertiary/aromatic N) is 1. The van der Waals surface area contributed by atoms with E-state index in [2.05, 4.69) is 15.0 Å². The molecule has 1 aliphatic rings. The van der Waals surface area contributed by atoms with Crippen LogP contribution < -0.4 is 10.1 Å². The topological polar surface area (TPSA) is 24.5 Å². The van der Waals surface area contributed by atoms with Gasteiger partial charge < -0.3 is 10.1 Å². The first kappa shape index (κ1) is 24.0. The fourth-order valence-corrected chi connectivity index (χ4v) is 3.78. The molecule has 0 saturated carbocycles. The number of ether oxygens (including phenoxy) is 1. The maximum atomic E-state index is 13.5. The summed E-state index contributed by atoms with van der Waals surface area (Å²) in [4.78, 5) is 3.10. The monoisotopic (exact) mass is 446 g/mol. The van der Waals surface area contributed by atoms with Gasteiger partial charge in [-0.1, -0.05) is 24.3 Å². The molecule has 0 aliphatic carbocycles. The molecule has 1 aromatic heterocycles. The highest BCUT2D eigenvalue weighted by Crippen LogP contribution is 2.39. The molecule has 27 heavy (non-hydrogen) atoms. The van der Waals surface area contributed by atoms with Crippen LogP contribution in [0.15, 0.2) is 41.8 Å². The minimum absolute atomic E-state index is 0. The van der Waals surface area contributed by atoms with Crippen LogP contribution in [0.1, 0.15) is 16.5 Å². The molecule has 3 rings (SSSR count). The van der Waals surface area contributed by atoms with Gasteiger partial charge in [0, 0.05) is 36.6 Å². The molecule has 152 valence electrons. The number of hydrogen-bond acceptors (Lipinski definition) is 4. The zero-order valence-corrected chi connectivity index (χ0v) is 16.6. The van der Waals surface area contributed by atoms with Crippen LogP contribution >= 0.6 is 36.2 Å². The van der Waals surface area contributed by atoms with E-state index in [9.17, 15) is 17.6 Å². The lowest BCUT2D eigenvalue weighted by Gasteiger charge is -2.35. The molecular weight excluding hydrogens is 427 g/mol. The van der Waals surface area contributed by atoms with Crippen molar-refractivity contribution >= 4 is 36.2 Å². The molecule has 0 amide bonds. The third-order valence-electron chi connectivity index (χ3n) is 4.04. The van der Waals surface area contributed by atoms with E-state index in [0.717, 1.165) is 31.1 Å². The van der Waals surface area contributed by atoms with Crippen molar-refractivity contribution in [3.63, 3.8) is 0 Å². The van der Waals surface area contributed by atoms with Gasteiger partial charge in [-0.05, 0) is 17.5 Å². The zero-order chi connectivity index (χ0) is 17.9. The molecule has 0 unspecified atom stereocenters. The summed E-state index contributed by atoms with van der Waals surface area (Å²) in [6, 6.07) is 9.66. The number of halogens is 6. The van der Waals surface area contributed by atoms with Gasteiger partial charge in [-0.25, -0.2) is 0 Å². The maximum Gasteiger partial charge on any atom is 0.461 e. The van der Waals surface area contributed by atoms with Crippen LogP contribution in [0, 0.1) is 0 Å². The summed E-state index contributed by atoms with van der Waals surface area (Å²) in [7, 11) is 0. The van der Waals surface area contributed by atoms with E-state index in [1.54, 1.807) is 12.1 Å². The molecule has 3 nitrogen and oxygen atoms in total. The van der Waals surface area contributed by atoms with Crippen molar-refractivity contribution in [3.05, 3.63) is 52.2 Å². The normalized spacial score (nSPS) is 16.3. The molecule has 10 heteroatoms. The summed E-state index contributed by atoms with van der Waals surface area (Å²) < 4.78 is 56.5. The van der Waals surface area contributed by atoms with E-state index in [1.165, 1.54) is 23.5 Å². The van der Waals surface area contributed by atoms with Crippen molar-refractivity contribution in [2.24, 2.45) is 0 Å². The summed E-state index contributed by atoms with van der Waals surface area (Å²) in [5.41, 5.74) is 0.465. The van der Waals surface area contributed by atoms with Crippen LogP contribution in [-0.4, -0.2) is 43.6 Å². The van der Waals surface area contributed by atoms with Crippen molar-refractivity contribution in [2.75, 3.05) is 26.2 Å². The molecule has 1 saturated heterocycles. The van der Waals surface area contributed by atoms with Crippen LogP contribution in [0.4, 0.5) is 17.6 Å². The molecule has 1 atom stereocenters. The standard InChI is InChI=1S/C17H18F4N2OS.2ClH/c18-16(19)17(20,21)24-13-5-2-1-4-12(13)15(14-6-3-11-25-14)23-9-7-22-8-10-23;;/h1-6,11,15-16,22H,7-10H2;2*1H/t15-;;/m1../s1. The second-order valence-corrected chi connectivity index (χ2v) is 6.69. The number of piperazine rings is 1. The number of benzene rings is 1. The second-order valence-electron chi connectivity index (χ2n) is 5.71. The summed E-state index contributed by atoms with van der Waals surface area (Å²) in [5, 5.41) is 5.15. The summed E-state index contributed by atoms with van der Waals surface area (Å²) in [5.74, 6) is -0.218. The van der Waals surface area contributed by atoms with Crippen LogP contribution in [0.2, 0.25) is 0 Å². The smallest absolute Gasteiger partial charge is 0.428 e. The Hall–Kier alpha value is -1.06. The quantitative estimate of drug-likeness (QED) is 0.643. The first-order chi connectivity index (χ1) is 12.0. The minimum Gasteiger partial charge on any atom is -0.428 e. The third-order valence-corrected chi connectivity index (χ3v) is 4.97. The van der Waals surface area contributed by atoms with Gasteiger partial charge in [0.25, 0.3) is 0 Å². The Bertz CT molecular complexity index is 685. The number of para-hydroxylation sites is 1. The summed E-state index contributed by atoms with van der Waals surface area (Å²) >= 11 is 1.50. The predicted octanol–water partition coefficient (Wildman–Crippen LogP) is 4.82. The number of thiophene rings is 1. The molecule has 0 bridgehead atoms. The van der Waals surface area contributed by atoms with Gasteiger partial charge in [-0.2, -0.15) is 17.6 Å². The SMILES string of the molecule is Cl.Cl.FC(F)C(F)(F)Oc1ccccc1[C@H](c1cccs1)N1CCNCC1. The Labute approximate surface area is 171 Å². The minimum atomic E-state index is -4.53. The highest BCUT2D eigenvalue weighted by atomic mass is 35.5. The Morgan fingerprint density at radius 3 is 2.30 bits per heavy atom. The molecule has 0 spiro atoms. The molecule has 0 radical (unpaired) electrons. The number of hydrogen-bond donors (Lipinski definition) is 1. The van der Waals surface area contributed by atoms with Gasteiger partial charge in [0.1, 0.15) is 5.75 Å². The fourth-order valence-electron chi connectivity index (χ4n) is 2.91. The molecule has 1 aromatic carbocycles. The van der Waals surface area contributed by atoms with Crippen LogP contribution in [-0.2, 0) is 0 Å². The molecule has 1 N–H and O–H groups in total. The largest absolute Gasteiger partial charge is 0.461 e. The zero-order valence-electron chi connectivity index (χ0n) is 14.1. The fraction of sp³-hybridized carbons (Fsp3) is 0.412. The Morgan fingerprint density at radius 1 is 1.04 bits per heavy atom. The van der Waals surface area contributed by atoms with Crippen molar-refractivity contribution in [1.29, 1.82) is 0 Å². The van der Waals surface area contributed by atoms with Crippen molar-refractivity contribution in [3.8, 4) is 5.75 Å². The van der Waals surface area contributed by atoms with E-state index in [0.29, 0.717) is 5.56 Å². The Balaban J connectivity index is 0.00000182. The van der Waals surface area contributed by atoms with Gasteiger partial charge >= 0.3 is 12.5 Å². The molecule has 2 heterocycles. The molecule has 2 aromatic rings. The number of rotatable bonds is 6. The van der Waals surface area contributed by atoms with Gasteiger partial charge in [0.15, 0.2) is 0 Å². The van der Waals surface area contributed by atoms with Gasteiger partial charge in [-0.15, -0.1) is 36.2 Å². The summed E-state index contributed by atoms with van der Waals surface area (Å²) in [6.45, 7) is 3.00. The Kier molecular flexibility index (Phi) is 9.30. The van der Waals surface area contributed by atoms with E-state index in [-0.39, 0.29) is 36.6 Å². The Morgan fingerprint density at radius 2 is 1.70 bits per heavy atom. The average Bonchev–Trinajstić information content (AvgIpc) is 3.11. The van der Waals surface area contributed by atoms with E-state index in [4.69, 9.17) is 0 Å². The van der Waals surface area contributed by atoms with Crippen LogP contribution in [0.5, 0.6) is 5.75 Å². The predicted molar refractivity (Wildman–Crippen MR) is 103 cm³/mol. The van der Waals surface area contributed by atoms with Gasteiger partial charge in [0.2, 0.25) is 0 Å². The first-order valence-corrected chi connectivity index (χ1v) is 8.79. The van der Waals surface area contributed by atoms with Crippen molar-refractivity contribution in [2.45, 2.75) is 18.6 Å². The van der Waals surface area contributed by atoms with Crippen LogP contribution in [0.3, 0.4) is 0 Å². The first-order valence-electron chi connectivity index (χ1n) is 7.91. The number of alkyl halides is 4. The maximum absolute atomic E-state index is 13.5. The molecule has 1 aliphatic heterocycles. The average molecular weight is 447 g/mol. The van der Waals surface area contributed by atoms with E-state index >= 15 is 0 Å². The lowest BCUT2D eigenvalue weighted by atomic mass is 10.0. The van der Waals surface area contributed by atoms with Crippen molar-refractivity contribution < 1.29 is 22.3 Å². The molecular formula is C17H20Cl2F4N2OS. The second kappa shape index (κ2) is 10.5. The summed E-state index contributed by atoms with van der Waals surface area (Å²) in [6.07, 6.45) is -8.42. The number of nitrogens with one attached hydrogen (secondary N) is 1. The van der Waals surface area contributed by atoms with Gasteiger partial charge in [-0.3, -0.25) is 4.90 Å². The van der Waals surface area contributed by atoms with E-state index < -0.39 is 12.5 Å². The molecule has 1 fully saturated rings. The third kappa shape index (κ3) is 5.71. The highest BCUT2D eigenvalue weighted by molar-refractivity contribution is 7.10. The van der Waals surface area contributed by atoms with Gasteiger partial charge in [0.05, 0.1) is 6.04 Å². The van der Waals surface area contributed by atoms with Crippen molar-refractivity contribution in [1.82, 2.24) is 10.2 Å². The lowest BCUT2D eigenvalue weighted by Crippen LogP contribution is -2.45. The van der Waals surface area contributed by atoms with E-state index in [1.807, 2.05) is 17.5 Å².